The van der Waals surface area contributed by atoms with Gasteiger partial charge < -0.3 is 25.0 Å². The lowest BCUT2D eigenvalue weighted by molar-refractivity contribution is -0.189. The minimum atomic E-state index is -1.56. The number of carbonyl (C=O) groups excluding carboxylic acids is 1. The van der Waals surface area contributed by atoms with E-state index in [0.29, 0.717) is 32.2 Å². The van der Waals surface area contributed by atoms with Crippen LogP contribution in [0.1, 0.15) is 74.1 Å². The first-order chi connectivity index (χ1) is 12.7. The molecule has 1 aliphatic rings. The van der Waals surface area contributed by atoms with E-state index in [1.165, 1.54) is 0 Å². The van der Waals surface area contributed by atoms with Gasteiger partial charge in [0.15, 0.2) is 0 Å². The Labute approximate surface area is 171 Å². The molecule has 166 valence electrons. The third-order valence-corrected chi connectivity index (χ3v) is 6.37. The van der Waals surface area contributed by atoms with Crippen molar-refractivity contribution < 1.29 is 24.9 Å². The summed E-state index contributed by atoms with van der Waals surface area (Å²) >= 11 is 0. The SMILES string of the molecule is CCC1OC(=O)[C@H](C)CC(C)C[C@](C)(O)CC(C)CN(C)C(C)[C@@H](O)[C@]1(C)O. The van der Waals surface area contributed by atoms with E-state index < -0.39 is 23.4 Å². The van der Waals surface area contributed by atoms with E-state index >= 15 is 0 Å². The molecule has 0 spiro atoms. The summed E-state index contributed by atoms with van der Waals surface area (Å²) in [7, 11) is 1.91. The molecular weight excluding hydrogens is 358 g/mol. The second kappa shape index (κ2) is 9.88. The maximum Gasteiger partial charge on any atom is 0.309 e. The van der Waals surface area contributed by atoms with Crippen molar-refractivity contribution in [3.63, 3.8) is 0 Å². The zero-order valence-electron chi connectivity index (χ0n) is 19.1. The van der Waals surface area contributed by atoms with Crippen molar-refractivity contribution in [2.45, 2.75) is 104 Å². The molecule has 0 aromatic rings. The first-order valence-corrected chi connectivity index (χ1v) is 10.7. The van der Waals surface area contributed by atoms with Gasteiger partial charge in [0.2, 0.25) is 0 Å². The molecule has 0 aromatic carbocycles. The first kappa shape index (κ1) is 25.3. The maximum atomic E-state index is 12.6. The van der Waals surface area contributed by atoms with Crippen LogP contribution < -0.4 is 0 Å². The predicted molar refractivity (Wildman–Crippen MR) is 111 cm³/mol. The Morgan fingerprint density at radius 2 is 1.64 bits per heavy atom. The molecule has 4 unspecified atom stereocenters. The van der Waals surface area contributed by atoms with Crippen molar-refractivity contribution in [2.24, 2.45) is 17.8 Å². The van der Waals surface area contributed by atoms with Crippen LogP contribution in [-0.4, -0.2) is 69.2 Å². The number of likely N-dealkylation sites (N-methyl/N-ethyl adjacent to an activating group) is 1. The lowest BCUT2D eigenvalue weighted by Gasteiger charge is -2.42. The largest absolute Gasteiger partial charge is 0.459 e. The van der Waals surface area contributed by atoms with Gasteiger partial charge >= 0.3 is 5.97 Å². The van der Waals surface area contributed by atoms with Gasteiger partial charge in [-0.25, -0.2) is 0 Å². The average Bonchev–Trinajstić information content (AvgIpc) is 2.55. The molecular formula is C22H43NO5. The van der Waals surface area contributed by atoms with Gasteiger partial charge in [0.25, 0.3) is 0 Å². The molecule has 0 radical (unpaired) electrons. The normalized spacial score (nSPS) is 45.8. The summed E-state index contributed by atoms with van der Waals surface area (Å²) in [6.45, 7) is 13.8. The zero-order valence-corrected chi connectivity index (χ0v) is 19.1. The Bertz CT molecular complexity index is 507. The van der Waals surface area contributed by atoms with Gasteiger partial charge in [0.1, 0.15) is 17.8 Å². The molecule has 1 fully saturated rings. The Kier molecular flexibility index (Phi) is 8.94. The number of rotatable bonds is 1. The minimum absolute atomic E-state index is 0.165. The van der Waals surface area contributed by atoms with E-state index in [9.17, 15) is 20.1 Å². The van der Waals surface area contributed by atoms with Gasteiger partial charge in [-0.1, -0.05) is 27.7 Å². The van der Waals surface area contributed by atoms with Crippen LogP contribution in [0, 0.1) is 17.8 Å². The van der Waals surface area contributed by atoms with Gasteiger partial charge in [0.05, 0.1) is 11.5 Å². The van der Waals surface area contributed by atoms with Crippen molar-refractivity contribution in [3.05, 3.63) is 0 Å². The number of cyclic esters (lactones) is 1. The summed E-state index contributed by atoms with van der Waals surface area (Å²) < 4.78 is 5.65. The number of esters is 1. The number of carbonyl (C=O) groups is 1. The molecule has 0 bridgehead atoms. The summed E-state index contributed by atoms with van der Waals surface area (Å²) in [5.41, 5.74) is -2.37. The molecule has 0 aromatic heterocycles. The second-order valence-electron chi connectivity index (χ2n) is 9.94. The molecule has 0 amide bonds. The van der Waals surface area contributed by atoms with Crippen molar-refractivity contribution >= 4 is 5.97 Å². The molecule has 1 aliphatic heterocycles. The lowest BCUT2D eigenvalue weighted by Crippen LogP contribution is -2.58. The average molecular weight is 402 g/mol. The highest BCUT2D eigenvalue weighted by atomic mass is 16.6. The molecule has 6 nitrogen and oxygen atoms in total. The number of aliphatic hydroxyl groups is 3. The number of ether oxygens (including phenoxy) is 1. The van der Waals surface area contributed by atoms with Crippen molar-refractivity contribution in [2.75, 3.05) is 13.6 Å². The van der Waals surface area contributed by atoms with E-state index in [0.717, 1.165) is 0 Å². The van der Waals surface area contributed by atoms with Crippen LogP contribution >= 0.6 is 0 Å². The fourth-order valence-corrected chi connectivity index (χ4v) is 4.88. The van der Waals surface area contributed by atoms with E-state index in [2.05, 4.69) is 6.92 Å². The van der Waals surface area contributed by atoms with Crippen molar-refractivity contribution in [1.82, 2.24) is 4.90 Å². The fraction of sp³-hybridized carbons (Fsp3) is 0.955. The van der Waals surface area contributed by atoms with Gasteiger partial charge in [-0.2, -0.15) is 0 Å². The first-order valence-electron chi connectivity index (χ1n) is 10.7. The highest BCUT2D eigenvalue weighted by Crippen LogP contribution is 2.31. The lowest BCUT2D eigenvalue weighted by atomic mass is 9.82. The topological polar surface area (TPSA) is 90.2 Å². The molecule has 28 heavy (non-hydrogen) atoms. The zero-order chi connectivity index (χ0) is 21.9. The standard InChI is InChI=1S/C22H43NO5/c1-9-18-22(7,27)19(24)17(5)23(8)13-15(3)12-21(6,26)11-14(2)10-16(4)20(25)28-18/h14-19,24,26-27H,9-13H2,1-8H3/t14?,15?,16-,17?,18?,19-,21+,22-/m1/s1. The third kappa shape index (κ3) is 6.68. The van der Waals surface area contributed by atoms with Crippen LogP contribution in [0.4, 0.5) is 0 Å². The Balaban J connectivity index is 3.19. The van der Waals surface area contributed by atoms with Crippen LogP contribution in [0.2, 0.25) is 0 Å². The smallest absolute Gasteiger partial charge is 0.309 e. The van der Waals surface area contributed by atoms with Gasteiger partial charge in [-0.15, -0.1) is 0 Å². The number of aliphatic hydroxyl groups excluding tert-OH is 1. The van der Waals surface area contributed by atoms with Crippen molar-refractivity contribution in [1.29, 1.82) is 0 Å². The molecule has 1 saturated heterocycles. The minimum Gasteiger partial charge on any atom is -0.459 e. The summed E-state index contributed by atoms with van der Waals surface area (Å²) in [6.07, 6.45) is 0.417. The monoisotopic (exact) mass is 401 g/mol. The number of hydrogen-bond donors (Lipinski definition) is 3. The quantitative estimate of drug-likeness (QED) is 0.585. The Hall–Kier alpha value is -0.690. The summed E-state index contributed by atoms with van der Waals surface area (Å²) in [4.78, 5) is 14.6. The summed E-state index contributed by atoms with van der Waals surface area (Å²) in [6, 6.07) is -0.336. The highest BCUT2D eigenvalue weighted by Gasteiger charge is 2.44. The highest BCUT2D eigenvalue weighted by molar-refractivity contribution is 5.72. The molecule has 0 aliphatic carbocycles. The van der Waals surface area contributed by atoms with Crippen molar-refractivity contribution in [3.8, 4) is 0 Å². The van der Waals surface area contributed by atoms with E-state index in [4.69, 9.17) is 4.74 Å². The van der Waals surface area contributed by atoms with Crippen LogP contribution in [0.15, 0.2) is 0 Å². The molecule has 1 rings (SSSR count). The number of hydrogen-bond acceptors (Lipinski definition) is 6. The molecule has 8 atom stereocenters. The second-order valence-corrected chi connectivity index (χ2v) is 9.94. The maximum absolute atomic E-state index is 12.6. The number of nitrogens with zero attached hydrogens (tertiary/aromatic N) is 1. The van der Waals surface area contributed by atoms with Gasteiger partial charge in [0, 0.05) is 12.6 Å². The van der Waals surface area contributed by atoms with Gasteiger partial charge in [-0.3, -0.25) is 4.79 Å². The van der Waals surface area contributed by atoms with E-state index in [1.807, 2.05) is 46.6 Å². The predicted octanol–water partition coefficient (Wildman–Crippen LogP) is 2.58. The van der Waals surface area contributed by atoms with Crippen LogP contribution in [-0.2, 0) is 9.53 Å². The van der Waals surface area contributed by atoms with Crippen LogP contribution in [0.5, 0.6) is 0 Å². The summed E-state index contributed by atoms with van der Waals surface area (Å²) in [5.74, 6) is -0.322. The molecule has 6 heteroatoms. The summed E-state index contributed by atoms with van der Waals surface area (Å²) in [5, 5.41) is 32.8. The van der Waals surface area contributed by atoms with Crippen LogP contribution in [0.3, 0.4) is 0 Å². The van der Waals surface area contributed by atoms with E-state index in [1.54, 1.807) is 6.92 Å². The Morgan fingerprint density at radius 3 is 2.18 bits per heavy atom. The third-order valence-electron chi connectivity index (χ3n) is 6.37. The molecule has 0 saturated carbocycles. The Morgan fingerprint density at radius 1 is 1.11 bits per heavy atom. The van der Waals surface area contributed by atoms with E-state index in [-0.39, 0.29) is 29.8 Å². The molecule has 1 heterocycles. The molecule has 3 N–H and O–H groups in total. The fourth-order valence-electron chi connectivity index (χ4n) is 4.88. The van der Waals surface area contributed by atoms with Crippen LogP contribution in [0.25, 0.3) is 0 Å². The van der Waals surface area contributed by atoms with Gasteiger partial charge in [-0.05, 0) is 65.3 Å².